The van der Waals surface area contributed by atoms with Crippen LogP contribution in [-0.2, 0) is 0 Å². The first-order chi connectivity index (χ1) is 13.1. The molecule has 138 valence electrons. The SMILES string of the molecule is C=CCOc1ccc(C2C(C#N)=C(N)Oc3cc(N)ccc32)cc1OCC. The molecule has 0 saturated heterocycles. The standard InChI is InChI=1S/C21H21N3O3/c1-3-9-26-17-8-5-13(10-19(17)25-4-2)20-15-7-6-14(23)11-18(15)27-21(24)16(20)12-22/h3,5-8,10-11,20H,1,4,9,23-24H2,2H3. The molecule has 0 fully saturated rings. The molecule has 2 aromatic carbocycles. The summed E-state index contributed by atoms with van der Waals surface area (Å²) in [5, 5.41) is 9.66. The molecule has 1 unspecified atom stereocenters. The van der Waals surface area contributed by atoms with Gasteiger partial charge < -0.3 is 25.7 Å². The second kappa shape index (κ2) is 7.75. The largest absolute Gasteiger partial charge is 0.490 e. The molecular formula is C21H21N3O3. The van der Waals surface area contributed by atoms with Crippen molar-refractivity contribution < 1.29 is 14.2 Å². The van der Waals surface area contributed by atoms with Gasteiger partial charge in [-0.15, -0.1) is 0 Å². The molecule has 6 heteroatoms. The highest BCUT2D eigenvalue weighted by atomic mass is 16.5. The van der Waals surface area contributed by atoms with Crippen LogP contribution in [0.25, 0.3) is 0 Å². The molecule has 1 heterocycles. The van der Waals surface area contributed by atoms with E-state index in [1.807, 2.05) is 31.2 Å². The van der Waals surface area contributed by atoms with Gasteiger partial charge in [0.15, 0.2) is 11.5 Å². The average Bonchev–Trinajstić information content (AvgIpc) is 2.66. The van der Waals surface area contributed by atoms with Gasteiger partial charge in [-0.05, 0) is 30.7 Å². The highest BCUT2D eigenvalue weighted by Crippen LogP contribution is 2.44. The highest BCUT2D eigenvalue weighted by Gasteiger charge is 2.31. The Morgan fingerprint density at radius 2 is 2.00 bits per heavy atom. The molecule has 1 aliphatic heterocycles. The molecule has 4 N–H and O–H groups in total. The predicted octanol–water partition coefficient (Wildman–Crippen LogP) is 3.45. The maximum Gasteiger partial charge on any atom is 0.205 e. The van der Waals surface area contributed by atoms with Crippen molar-refractivity contribution in [1.29, 1.82) is 5.26 Å². The van der Waals surface area contributed by atoms with Crippen LogP contribution in [0.1, 0.15) is 24.0 Å². The van der Waals surface area contributed by atoms with Crippen LogP contribution < -0.4 is 25.7 Å². The lowest BCUT2D eigenvalue weighted by atomic mass is 9.83. The molecule has 0 radical (unpaired) electrons. The van der Waals surface area contributed by atoms with E-state index in [0.29, 0.717) is 41.7 Å². The second-order valence-electron chi connectivity index (χ2n) is 5.96. The van der Waals surface area contributed by atoms with Gasteiger partial charge in [0.1, 0.15) is 24.0 Å². The van der Waals surface area contributed by atoms with Gasteiger partial charge in [-0.3, -0.25) is 0 Å². The van der Waals surface area contributed by atoms with Gasteiger partial charge in [0.25, 0.3) is 0 Å². The molecule has 0 bridgehead atoms. The quantitative estimate of drug-likeness (QED) is 0.602. The molecule has 0 spiro atoms. The van der Waals surface area contributed by atoms with Crippen LogP contribution in [0.5, 0.6) is 17.2 Å². The molecule has 0 amide bonds. The summed E-state index contributed by atoms with van der Waals surface area (Å²) in [6.07, 6.45) is 1.67. The van der Waals surface area contributed by atoms with Crippen LogP contribution in [0.2, 0.25) is 0 Å². The third kappa shape index (κ3) is 3.53. The number of nitrogens with two attached hydrogens (primary N) is 2. The van der Waals surface area contributed by atoms with Crippen molar-refractivity contribution in [2.75, 3.05) is 18.9 Å². The fourth-order valence-electron chi connectivity index (χ4n) is 3.06. The van der Waals surface area contributed by atoms with Crippen LogP contribution in [0.15, 0.2) is 60.5 Å². The summed E-state index contributed by atoms with van der Waals surface area (Å²) in [6.45, 7) is 6.41. The Morgan fingerprint density at radius 3 is 2.70 bits per heavy atom. The first-order valence-electron chi connectivity index (χ1n) is 8.56. The van der Waals surface area contributed by atoms with Crippen molar-refractivity contribution >= 4 is 5.69 Å². The van der Waals surface area contributed by atoms with Gasteiger partial charge in [-0.1, -0.05) is 24.8 Å². The third-order valence-electron chi connectivity index (χ3n) is 4.20. The van der Waals surface area contributed by atoms with Gasteiger partial charge in [-0.25, -0.2) is 0 Å². The lowest BCUT2D eigenvalue weighted by Crippen LogP contribution is -2.21. The van der Waals surface area contributed by atoms with E-state index in [4.69, 9.17) is 25.7 Å². The van der Waals surface area contributed by atoms with Crippen molar-refractivity contribution in [3.8, 4) is 23.3 Å². The number of nitrogens with zero attached hydrogens (tertiary/aromatic N) is 1. The van der Waals surface area contributed by atoms with E-state index < -0.39 is 0 Å². The first kappa shape index (κ1) is 18.2. The van der Waals surface area contributed by atoms with Crippen molar-refractivity contribution in [2.24, 2.45) is 5.73 Å². The van der Waals surface area contributed by atoms with Crippen molar-refractivity contribution in [2.45, 2.75) is 12.8 Å². The van der Waals surface area contributed by atoms with Gasteiger partial charge in [0.2, 0.25) is 5.88 Å². The van der Waals surface area contributed by atoms with Crippen molar-refractivity contribution in [1.82, 2.24) is 0 Å². The maximum absolute atomic E-state index is 9.66. The summed E-state index contributed by atoms with van der Waals surface area (Å²) >= 11 is 0. The molecule has 1 aliphatic rings. The van der Waals surface area contributed by atoms with Crippen LogP contribution in [0.3, 0.4) is 0 Å². The second-order valence-corrected chi connectivity index (χ2v) is 5.96. The zero-order valence-electron chi connectivity index (χ0n) is 15.1. The molecule has 2 aromatic rings. The highest BCUT2D eigenvalue weighted by molar-refractivity contribution is 5.60. The zero-order valence-corrected chi connectivity index (χ0v) is 15.1. The topological polar surface area (TPSA) is 104 Å². The van der Waals surface area contributed by atoms with E-state index >= 15 is 0 Å². The normalized spacial score (nSPS) is 15.3. The minimum atomic E-state index is -0.382. The molecule has 0 aromatic heterocycles. The monoisotopic (exact) mass is 363 g/mol. The van der Waals surface area contributed by atoms with E-state index in [9.17, 15) is 5.26 Å². The number of anilines is 1. The third-order valence-corrected chi connectivity index (χ3v) is 4.20. The summed E-state index contributed by atoms with van der Waals surface area (Å²) in [4.78, 5) is 0. The molecule has 1 atom stereocenters. The summed E-state index contributed by atoms with van der Waals surface area (Å²) < 4.78 is 17.0. The Balaban J connectivity index is 2.12. The van der Waals surface area contributed by atoms with E-state index in [-0.39, 0.29) is 11.8 Å². The number of nitrogen functional groups attached to an aromatic ring is 1. The number of rotatable bonds is 6. The van der Waals surface area contributed by atoms with Crippen LogP contribution in [-0.4, -0.2) is 13.2 Å². The molecule has 0 aliphatic carbocycles. The van der Waals surface area contributed by atoms with Crippen LogP contribution in [0, 0.1) is 11.3 Å². The minimum Gasteiger partial charge on any atom is -0.490 e. The van der Waals surface area contributed by atoms with E-state index in [1.165, 1.54) is 0 Å². The summed E-state index contributed by atoms with van der Waals surface area (Å²) in [6, 6.07) is 13.1. The smallest absolute Gasteiger partial charge is 0.205 e. The number of hydrogen-bond acceptors (Lipinski definition) is 6. The molecule has 6 nitrogen and oxygen atoms in total. The summed E-state index contributed by atoms with van der Waals surface area (Å²) in [5.41, 5.74) is 14.4. The molecular weight excluding hydrogens is 342 g/mol. The zero-order chi connectivity index (χ0) is 19.4. The first-order valence-corrected chi connectivity index (χ1v) is 8.56. The molecule has 3 rings (SSSR count). The number of benzene rings is 2. The lowest BCUT2D eigenvalue weighted by Gasteiger charge is -2.27. The van der Waals surface area contributed by atoms with Crippen LogP contribution in [0.4, 0.5) is 5.69 Å². The number of nitriles is 1. The van der Waals surface area contributed by atoms with E-state index in [2.05, 4.69) is 12.6 Å². The van der Waals surface area contributed by atoms with Crippen molar-refractivity contribution in [3.05, 3.63) is 71.6 Å². The average molecular weight is 363 g/mol. The number of allylic oxidation sites excluding steroid dienone is 1. The van der Waals surface area contributed by atoms with Crippen LogP contribution >= 0.6 is 0 Å². The van der Waals surface area contributed by atoms with E-state index in [0.717, 1.165) is 11.1 Å². The maximum atomic E-state index is 9.66. The number of hydrogen-bond donors (Lipinski definition) is 2. The Morgan fingerprint density at radius 1 is 1.19 bits per heavy atom. The van der Waals surface area contributed by atoms with E-state index in [1.54, 1.807) is 18.2 Å². The number of fused-ring (bicyclic) bond motifs is 1. The Labute approximate surface area is 158 Å². The summed E-state index contributed by atoms with van der Waals surface area (Å²) in [7, 11) is 0. The molecule has 0 saturated carbocycles. The fourth-order valence-corrected chi connectivity index (χ4v) is 3.06. The summed E-state index contributed by atoms with van der Waals surface area (Å²) in [5.74, 6) is 1.44. The fraction of sp³-hybridized carbons (Fsp3) is 0.190. The minimum absolute atomic E-state index is 0.0746. The molecule has 27 heavy (non-hydrogen) atoms. The van der Waals surface area contributed by atoms with Gasteiger partial charge in [0, 0.05) is 17.3 Å². The predicted molar refractivity (Wildman–Crippen MR) is 103 cm³/mol. The Kier molecular flexibility index (Phi) is 5.23. The van der Waals surface area contributed by atoms with Crippen molar-refractivity contribution in [3.63, 3.8) is 0 Å². The number of ether oxygens (including phenoxy) is 3. The van der Waals surface area contributed by atoms with Gasteiger partial charge in [-0.2, -0.15) is 5.26 Å². The van der Waals surface area contributed by atoms with Gasteiger partial charge in [0.05, 0.1) is 12.5 Å². The lowest BCUT2D eigenvalue weighted by molar-refractivity contribution is 0.296. The van der Waals surface area contributed by atoms with Gasteiger partial charge >= 0.3 is 0 Å². The Hall–Kier alpha value is -3.59. The Bertz CT molecular complexity index is 944.